The lowest BCUT2D eigenvalue weighted by molar-refractivity contribution is 0.0801. The van der Waals surface area contributed by atoms with Gasteiger partial charge in [0, 0.05) is 5.56 Å². The van der Waals surface area contributed by atoms with Crippen molar-refractivity contribution in [3.63, 3.8) is 0 Å². The van der Waals surface area contributed by atoms with Crippen molar-refractivity contribution in [1.82, 2.24) is 0 Å². The average molecular weight is 394 g/mol. The summed E-state index contributed by atoms with van der Waals surface area (Å²) in [6, 6.07) is 20.4. The highest BCUT2D eigenvalue weighted by atomic mass is 32.2. The van der Waals surface area contributed by atoms with Crippen LogP contribution in [0.1, 0.15) is 38.7 Å². The van der Waals surface area contributed by atoms with Crippen molar-refractivity contribution >= 4 is 15.9 Å². The summed E-state index contributed by atoms with van der Waals surface area (Å²) in [5.41, 5.74) is 3.84. The predicted molar refractivity (Wildman–Crippen MR) is 109 cm³/mol. The lowest BCUT2D eigenvalue weighted by Crippen LogP contribution is -2.20. The van der Waals surface area contributed by atoms with Gasteiger partial charge in [-0.05, 0) is 38.5 Å². The van der Waals surface area contributed by atoms with Crippen LogP contribution < -0.4 is 0 Å². The molecule has 0 aliphatic heterocycles. The number of aryl methyl sites for hydroxylation is 3. The largest absolute Gasteiger partial charge is 0.298 e. The Morgan fingerprint density at radius 1 is 0.714 bits per heavy atom. The Hall–Kier alpha value is -2.76. The van der Waals surface area contributed by atoms with Gasteiger partial charge in [-0.2, -0.15) is 8.42 Å². The second-order valence-electron chi connectivity index (χ2n) is 6.88. The maximum absolute atomic E-state index is 13.1. The van der Waals surface area contributed by atoms with E-state index in [-0.39, 0.29) is 4.90 Å². The zero-order valence-corrected chi connectivity index (χ0v) is 16.9. The zero-order chi connectivity index (χ0) is 20.3. The minimum atomic E-state index is -4.12. The van der Waals surface area contributed by atoms with Crippen LogP contribution in [-0.4, -0.2) is 14.2 Å². The third-order valence-electron chi connectivity index (χ3n) is 4.49. The van der Waals surface area contributed by atoms with Crippen LogP contribution >= 0.6 is 0 Å². The first-order valence-electron chi connectivity index (χ1n) is 8.94. The van der Waals surface area contributed by atoms with Crippen LogP contribution in [-0.2, 0) is 14.3 Å². The van der Waals surface area contributed by atoms with Crippen molar-refractivity contribution in [2.45, 2.75) is 31.8 Å². The Balaban J connectivity index is 2.00. The molecule has 0 amide bonds. The van der Waals surface area contributed by atoms with Crippen LogP contribution in [0, 0.1) is 20.8 Å². The van der Waals surface area contributed by atoms with Gasteiger partial charge in [-0.15, -0.1) is 0 Å². The summed E-state index contributed by atoms with van der Waals surface area (Å²) in [5, 5.41) is 0. The molecule has 144 valence electrons. The first-order chi connectivity index (χ1) is 13.3. The van der Waals surface area contributed by atoms with E-state index in [0.29, 0.717) is 11.1 Å². The van der Waals surface area contributed by atoms with E-state index >= 15 is 0 Å². The van der Waals surface area contributed by atoms with Crippen molar-refractivity contribution in [3.05, 3.63) is 101 Å². The first-order valence-corrected chi connectivity index (χ1v) is 10.3. The molecule has 3 aromatic rings. The number of hydrogen-bond acceptors (Lipinski definition) is 4. The van der Waals surface area contributed by atoms with Gasteiger partial charge in [0.1, 0.15) is 0 Å². The maximum Gasteiger partial charge on any atom is 0.298 e. The molecule has 0 aliphatic rings. The fourth-order valence-corrected chi connectivity index (χ4v) is 3.78. The minimum Gasteiger partial charge on any atom is -0.291 e. The maximum atomic E-state index is 13.1. The van der Waals surface area contributed by atoms with Crippen LogP contribution in [0.25, 0.3) is 0 Å². The standard InChI is InChI=1S/C23H22O4S/c1-16-4-10-19(11-5-16)22(24)23(20-12-6-17(2)7-13-20)27-28(25,26)21-14-8-18(3)9-15-21/h4-15,23H,1-3H3. The number of rotatable bonds is 6. The molecule has 0 heterocycles. The molecule has 0 N–H and O–H groups in total. The van der Waals surface area contributed by atoms with Crippen molar-refractivity contribution in [2.75, 3.05) is 0 Å². The van der Waals surface area contributed by atoms with E-state index in [9.17, 15) is 13.2 Å². The molecule has 1 unspecified atom stereocenters. The molecule has 4 nitrogen and oxygen atoms in total. The van der Waals surface area contributed by atoms with Gasteiger partial charge in [0.05, 0.1) is 4.90 Å². The molecular formula is C23H22O4S. The number of hydrogen-bond donors (Lipinski definition) is 0. The zero-order valence-electron chi connectivity index (χ0n) is 16.0. The van der Waals surface area contributed by atoms with Gasteiger partial charge in [-0.1, -0.05) is 77.4 Å². The van der Waals surface area contributed by atoms with Gasteiger partial charge in [0.25, 0.3) is 10.1 Å². The predicted octanol–water partition coefficient (Wildman–Crippen LogP) is 4.94. The summed E-state index contributed by atoms with van der Waals surface area (Å²) >= 11 is 0. The topological polar surface area (TPSA) is 60.4 Å². The highest BCUT2D eigenvalue weighted by Gasteiger charge is 2.30. The minimum absolute atomic E-state index is 0.0203. The molecule has 3 aromatic carbocycles. The second kappa shape index (κ2) is 8.09. The molecule has 0 spiro atoms. The number of carbonyl (C=O) groups is 1. The quantitative estimate of drug-likeness (QED) is 0.439. The molecule has 0 fully saturated rings. The molecule has 0 saturated heterocycles. The molecule has 0 aliphatic carbocycles. The van der Waals surface area contributed by atoms with Gasteiger partial charge in [-0.3, -0.25) is 4.79 Å². The van der Waals surface area contributed by atoms with Crippen LogP contribution in [0.2, 0.25) is 0 Å². The Bertz CT molecular complexity index is 1060. The molecule has 5 heteroatoms. The van der Waals surface area contributed by atoms with E-state index in [4.69, 9.17) is 4.18 Å². The summed E-state index contributed by atoms with van der Waals surface area (Å²) in [7, 11) is -4.12. The van der Waals surface area contributed by atoms with Crippen LogP contribution in [0.4, 0.5) is 0 Å². The third-order valence-corrected chi connectivity index (χ3v) is 5.78. The van der Waals surface area contributed by atoms with Crippen molar-refractivity contribution in [2.24, 2.45) is 0 Å². The van der Waals surface area contributed by atoms with E-state index in [0.717, 1.165) is 16.7 Å². The van der Waals surface area contributed by atoms with Crippen molar-refractivity contribution < 1.29 is 17.4 Å². The SMILES string of the molecule is Cc1ccc(C(=O)C(OS(=O)(=O)c2ccc(C)cc2)c2ccc(C)cc2)cc1. The van der Waals surface area contributed by atoms with E-state index in [2.05, 4.69) is 0 Å². The number of benzene rings is 3. The molecule has 0 aromatic heterocycles. The Morgan fingerprint density at radius 3 is 1.64 bits per heavy atom. The number of carbonyl (C=O) groups excluding carboxylic acids is 1. The summed E-state index contributed by atoms with van der Waals surface area (Å²) in [6.45, 7) is 5.71. The molecule has 28 heavy (non-hydrogen) atoms. The van der Waals surface area contributed by atoms with Gasteiger partial charge in [-0.25, -0.2) is 4.18 Å². The summed E-state index contributed by atoms with van der Waals surface area (Å²) in [6.07, 6.45) is -1.25. The summed E-state index contributed by atoms with van der Waals surface area (Å²) in [5.74, 6) is -0.403. The fraction of sp³-hybridized carbons (Fsp3) is 0.174. The van der Waals surface area contributed by atoms with Gasteiger partial charge >= 0.3 is 0 Å². The lowest BCUT2D eigenvalue weighted by atomic mass is 9.98. The van der Waals surface area contributed by atoms with Crippen molar-refractivity contribution in [1.29, 1.82) is 0 Å². The number of ketones is 1. The smallest absolute Gasteiger partial charge is 0.291 e. The monoisotopic (exact) mass is 394 g/mol. The van der Waals surface area contributed by atoms with Crippen LogP contribution in [0.15, 0.2) is 77.7 Å². The Morgan fingerprint density at radius 2 is 1.14 bits per heavy atom. The average Bonchev–Trinajstić information content (AvgIpc) is 2.67. The van der Waals surface area contributed by atoms with Gasteiger partial charge in [0.15, 0.2) is 11.9 Å². The normalized spacial score (nSPS) is 12.5. The molecule has 0 bridgehead atoms. The van der Waals surface area contributed by atoms with Crippen molar-refractivity contribution in [3.8, 4) is 0 Å². The molecule has 0 radical (unpaired) electrons. The summed E-state index contributed by atoms with van der Waals surface area (Å²) < 4.78 is 31.1. The van der Waals surface area contributed by atoms with E-state index < -0.39 is 22.0 Å². The highest BCUT2D eigenvalue weighted by molar-refractivity contribution is 7.86. The summed E-state index contributed by atoms with van der Waals surface area (Å²) in [4.78, 5) is 13.1. The molecular weight excluding hydrogens is 372 g/mol. The fourth-order valence-electron chi connectivity index (χ4n) is 2.75. The third kappa shape index (κ3) is 4.55. The van der Waals surface area contributed by atoms with Crippen LogP contribution in [0.3, 0.4) is 0 Å². The van der Waals surface area contributed by atoms with Crippen LogP contribution in [0.5, 0.6) is 0 Å². The Kier molecular flexibility index (Phi) is 5.77. The lowest BCUT2D eigenvalue weighted by Gasteiger charge is -2.18. The highest BCUT2D eigenvalue weighted by Crippen LogP contribution is 2.28. The van der Waals surface area contributed by atoms with Gasteiger partial charge in [0.2, 0.25) is 0 Å². The molecule has 0 saturated carbocycles. The molecule has 3 rings (SSSR count). The van der Waals surface area contributed by atoms with E-state index in [1.807, 2.05) is 45.0 Å². The first kappa shape index (κ1) is 20.0. The molecule has 1 atom stereocenters. The van der Waals surface area contributed by atoms with Gasteiger partial charge < -0.3 is 0 Å². The van der Waals surface area contributed by atoms with E-state index in [1.165, 1.54) is 12.1 Å². The second-order valence-corrected chi connectivity index (χ2v) is 8.46. The Labute approximate surface area is 165 Å². The van der Waals surface area contributed by atoms with E-state index in [1.54, 1.807) is 36.4 Å². The number of Topliss-reactive ketones (excluding diaryl/α,β-unsaturated/α-hetero) is 1.